The molecule has 0 aliphatic heterocycles. The van der Waals surface area contributed by atoms with Gasteiger partial charge in [-0.15, -0.1) is 0 Å². The average Bonchev–Trinajstić information content (AvgIpc) is 1.37. The number of hydrogen-bond acceptors (Lipinski definition) is 1. The summed E-state index contributed by atoms with van der Waals surface area (Å²) < 4.78 is 0. The van der Waals surface area contributed by atoms with Crippen LogP contribution in [0, 0.1) is 0 Å². The molecule has 0 radical (unpaired) electrons. The average molecular weight is 92.2 g/mol. The molecule has 0 amide bonds. The van der Waals surface area contributed by atoms with Gasteiger partial charge in [-0.25, -0.2) is 0 Å². The van der Waals surface area contributed by atoms with Crippen molar-refractivity contribution >= 4 is 22.1 Å². The first kappa shape index (κ1) is 4.57. The van der Waals surface area contributed by atoms with Crippen LogP contribution in [-0.4, -0.2) is 14.9 Å². The van der Waals surface area contributed by atoms with Gasteiger partial charge in [0.2, 0.25) is 0 Å². The normalized spacial score (nSPS) is 10.5. The Labute approximate surface area is 34.8 Å². The lowest BCUT2D eigenvalue weighted by molar-refractivity contribution is 2.08. The van der Waals surface area contributed by atoms with Crippen LogP contribution in [0.2, 0.25) is 6.55 Å². The molecule has 0 aromatic heterocycles. The lowest BCUT2D eigenvalue weighted by Gasteiger charge is -1.65. The van der Waals surface area contributed by atoms with Crippen LogP contribution in [0.5, 0.6) is 0 Å². The Morgan fingerprint density at radius 3 is 2.25 bits per heavy atom. The van der Waals surface area contributed by atoms with Gasteiger partial charge < -0.3 is 0 Å². The molecule has 0 unspecified atom stereocenters. The van der Waals surface area contributed by atoms with Gasteiger partial charge in [0.1, 0.15) is 0 Å². The van der Waals surface area contributed by atoms with E-state index >= 15 is 0 Å². The van der Waals surface area contributed by atoms with E-state index in [9.17, 15) is 0 Å². The molecular formula is C2H8SSi. The van der Waals surface area contributed by atoms with Crippen molar-refractivity contribution in [3.05, 3.63) is 0 Å². The van der Waals surface area contributed by atoms with Crippen LogP contribution in [-0.2, 0) is 0 Å². The third-order valence-corrected chi connectivity index (χ3v) is 2.01. The fourth-order valence-electron chi connectivity index (χ4n) is 0. The molecule has 0 fully saturated rings. The summed E-state index contributed by atoms with van der Waals surface area (Å²) >= 11 is 3.98. The van der Waals surface area contributed by atoms with Gasteiger partial charge in [-0.3, -0.25) is 0 Å². The Hall–Kier alpha value is 0.567. The van der Waals surface area contributed by atoms with E-state index < -0.39 is 0 Å². The van der Waals surface area contributed by atoms with Crippen molar-refractivity contribution < 1.29 is 0 Å². The third-order valence-electron chi connectivity index (χ3n) is 0.224. The minimum Gasteiger partial charge on any atom is -0.183 e. The molecule has 0 atom stereocenters. The van der Waals surface area contributed by atoms with Gasteiger partial charge in [-0.1, -0.05) is 6.55 Å². The highest BCUT2D eigenvalue weighted by molar-refractivity contribution is 7.81. The van der Waals surface area contributed by atoms with E-state index in [0.29, 0.717) is 0 Å². The van der Waals surface area contributed by atoms with Crippen molar-refractivity contribution in [2.24, 2.45) is 0 Å². The van der Waals surface area contributed by atoms with Gasteiger partial charge in [0.05, 0.1) is 0 Å². The molecule has 0 aromatic rings. The van der Waals surface area contributed by atoms with Crippen molar-refractivity contribution in [1.82, 2.24) is 0 Å². The van der Waals surface area contributed by atoms with Gasteiger partial charge in [0.15, 0.2) is 0 Å². The molecule has 0 rings (SSSR count). The predicted molar refractivity (Wildman–Crippen MR) is 28.3 cm³/mol. The van der Waals surface area contributed by atoms with Gasteiger partial charge in [-0.2, -0.15) is 12.6 Å². The van der Waals surface area contributed by atoms with Gasteiger partial charge in [-0.05, 0) is 5.38 Å². The highest BCUT2D eigenvalue weighted by Gasteiger charge is 1.59. The van der Waals surface area contributed by atoms with Gasteiger partial charge >= 0.3 is 0 Å². The van der Waals surface area contributed by atoms with Crippen LogP contribution in [0.15, 0.2) is 0 Å². The summed E-state index contributed by atoms with van der Waals surface area (Å²) in [5, 5.41) is 1.15. The van der Waals surface area contributed by atoms with Crippen molar-refractivity contribution in [3.63, 3.8) is 0 Å². The molecule has 0 bridgehead atoms. The molecule has 2 heteroatoms. The van der Waals surface area contributed by atoms with Crippen LogP contribution in [0.1, 0.15) is 0 Å². The molecular weight excluding hydrogens is 84.2 g/mol. The van der Waals surface area contributed by atoms with Crippen LogP contribution in [0.25, 0.3) is 0 Å². The fraction of sp³-hybridized carbons (Fsp3) is 1.00. The van der Waals surface area contributed by atoms with Crippen LogP contribution in [0.4, 0.5) is 0 Å². The zero-order valence-electron chi connectivity index (χ0n) is 2.86. The summed E-state index contributed by atoms with van der Waals surface area (Å²) in [6, 6.07) is 0. The van der Waals surface area contributed by atoms with E-state index in [1.165, 1.54) is 0 Å². The molecule has 0 aliphatic carbocycles. The Balaban J connectivity index is 1.97. The predicted octanol–water partition coefficient (Wildman–Crippen LogP) is 0.0906. The fourth-order valence-corrected chi connectivity index (χ4v) is 0. The summed E-state index contributed by atoms with van der Waals surface area (Å²) in [7, 11) is 0.289. The van der Waals surface area contributed by atoms with Crippen molar-refractivity contribution in [3.8, 4) is 0 Å². The minimum absolute atomic E-state index is 0.289. The minimum atomic E-state index is 0.289. The Morgan fingerprint density at radius 2 is 2.25 bits per heavy atom. The molecule has 0 N–H and O–H groups in total. The van der Waals surface area contributed by atoms with E-state index in [2.05, 4.69) is 19.2 Å². The van der Waals surface area contributed by atoms with Crippen LogP contribution >= 0.6 is 12.6 Å². The van der Waals surface area contributed by atoms with E-state index in [1.54, 1.807) is 0 Å². The molecule has 0 aromatic carbocycles. The molecule has 0 aliphatic rings. The second-order valence-electron chi connectivity index (χ2n) is 0.724. The standard InChI is InChI=1S/C2H8SSi/c1-4-2-3/h3H,2,4H2,1H3. The van der Waals surface area contributed by atoms with Gasteiger partial charge in [0.25, 0.3) is 0 Å². The molecule has 26 valence electrons. The quantitative estimate of drug-likeness (QED) is 0.344. The smallest absolute Gasteiger partial charge is 0.0283 e. The Bertz CT molecular complexity index is 8.00. The SMILES string of the molecule is C[SiH2]CS. The topological polar surface area (TPSA) is 0 Å². The molecule has 0 heterocycles. The van der Waals surface area contributed by atoms with Crippen molar-refractivity contribution in [1.29, 1.82) is 0 Å². The molecule has 0 saturated carbocycles. The number of thiol groups is 1. The monoisotopic (exact) mass is 92.0 g/mol. The maximum absolute atomic E-state index is 3.98. The zero-order chi connectivity index (χ0) is 3.41. The Kier molecular flexibility index (Phi) is 4.07. The van der Waals surface area contributed by atoms with Crippen molar-refractivity contribution in [2.75, 3.05) is 5.38 Å². The molecule has 0 saturated heterocycles. The molecule has 4 heavy (non-hydrogen) atoms. The zero-order valence-corrected chi connectivity index (χ0v) is 5.17. The highest BCUT2D eigenvalue weighted by Crippen LogP contribution is 1.61. The van der Waals surface area contributed by atoms with E-state index in [4.69, 9.17) is 0 Å². The number of hydrogen-bond donors (Lipinski definition) is 1. The molecule has 0 nitrogen and oxygen atoms in total. The summed E-state index contributed by atoms with van der Waals surface area (Å²) in [5.74, 6) is 0. The maximum atomic E-state index is 3.98. The summed E-state index contributed by atoms with van der Waals surface area (Å²) in [6.45, 7) is 2.24. The molecule has 0 spiro atoms. The Morgan fingerprint density at radius 1 is 2.00 bits per heavy atom. The van der Waals surface area contributed by atoms with Crippen LogP contribution in [0.3, 0.4) is 0 Å². The maximum Gasteiger partial charge on any atom is 0.0283 e. The largest absolute Gasteiger partial charge is 0.183 e. The first-order valence-electron chi connectivity index (χ1n) is 1.52. The van der Waals surface area contributed by atoms with E-state index in [1.807, 2.05) is 0 Å². The lowest BCUT2D eigenvalue weighted by atomic mass is 11.9. The third kappa shape index (κ3) is 2.57. The summed E-state index contributed by atoms with van der Waals surface area (Å²) in [5.41, 5.74) is 0. The second kappa shape index (κ2) is 3.57. The van der Waals surface area contributed by atoms with Crippen LogP contribution < -0.4 is 0 Å². The summed E-state index contributed by atoms with van der Waals surface area (Å²) in [4.78, 5) is 0. The number of rotatable bonds is 1. The van der Waals surface area contributed by atoms with E-state index in [0.717, 1.165) is 5.38 Å². The highest BCUT2D eigenvalue weighted by atomic mass is 32.1. The second-order valence-corrected chi connectivity index (χ2v) is 3.51. The lowest BCUT2D eigenvalue weighted by Crippen LogP contribution is -1.76. The first-order valence-corrected chi connectivity index (χ1v) is 4.57. The van der Waals surface area contributed by atoms with E-state index in [-0.39, 0.29) is 9.52 Å². The van der Waals surface area contributed by atoms with Crippen molar-refractivity contribution in [2.45, 2.75) is 6.55 Å². The van der Waals surface area contributed by atoms with Gasteiger partial charge in [0, 0.05) is 9.52 Å². The summed E-state index contributed by atoms with van der Waals surface area (Å²) in [6.07, 6.45) is 0. The first-order chi connectivity index (χ1) is 1.91.